The first-order chi connectivity index (χ1) is 11.1. The molecule has 118 valence electrons. The van der Waals surface area contributed by atoms with E-state index >= 15 is 0 Å². The van der Waals surface area contributed by atoms with Crippen molar-refractivity contribution >= 4 is 23.6 Å². The van der Waals surface area contributed by atoms with Gasteiger partial charge in [0, 0.05) is 11.8 Å². The number of rotatable bonds is 6. The largest absolute Gasteiger partial charge is 0.497 e. The Kier molecular flexibility index (Phi) is 5.52. The van der Waals surface area contributed by atoms with Crippen molar-refractivity contribution in [2.75, 3.05) is 12.4 Å². The third-order valence-corrected chi connectivity index (χ3v) is 3.12. The van der Waals surface area contributed by atoms with Crippen molar-refractivity contribution in [3.05, 3.63) is 65.7 Å². The van der Waals surface area contributed by atoms with Crippen LogP contribution in [0.15, 0.2) is 54.6 Å². The van der Waals surface area contributed by atoms with Crippen molar-refractivity contribution in [1.82, 2.24) is 0 Å². The Morgan fingerprint density at radius 2 is 1.91 bits per heavy atom. The van der Waals surface area contributed by atoms with Gasteiger partial charge >= 0.3 is 0 Å². The van der Waals surface area contributed by atoms with Crippen molar-refractivity contribution in [1.29, 1.82) is 0 Å². The van der Waals surface area contributed by atoms with E-state index in [1.807, 2.05) is 24.3 Å². The average Bonchev–Trinajstić information content (AvgIpc) is 2.54. The van der Waals surface area contributed by atoms with Gasteiger partial charge in [-0.05, 0) is 41.5 Å². The van der Waals surface area contributed by atoms with E-state index in [-0.39, 0.29) is 18.2 Å². The average molecular weight is 310 g/mol. The number of carbonyl (C=O) groups excluding carboxylic acids is 2. The molecule has 0 atom stereocenters. The first-order valence-electron chi connectivity index (χ1n) is 7.07. The molecule has 0 unspecified atom stereocenters. The van der Waals surface area contributed by atoms with Crippen molar-refractivity contribution in [3.8, 4) is 5.75 Å². The molecule has 0 aromatic heterocycles. The molecule has 0 saturated heterocycles. The molecule has 2 aromatic rings. The number of nitrogens with two attached hydrogens (primary N) is 1. The zero-order chi connectivity index (χ0) is 16.7. The molecule has 0 aliphatic rings. The van der Waals surface area contributed by atoms with Crippen LogP contribution >= 0.6 is 0 Å². The lowest BCUT2D eigenvalue weighted by molar-refractivity contribution is -0.117. The lowest BCUT2D eigenvalue weighted by Crippen LogP contribution is -2.13. The van der Waals surface area contributed by atoms with Crippen molar-refractivity contribution in [2.24, 2.45) is 5.73 Å². The van der Waals surface area contributed by atoms with Crippen LogP contribution in [0.2, 0.25) is 0 Å². The molecular weight excluding hydrogens is 292 g/mol. The SMILES string of the molecule is COc1cccc(/C=C/C(=O)Nc2ccc(CC(N)=O)cc2)c1. The van der Waals surface area contributed by atoms with Crippen LogP contribution in [-0.2, 0) is 16.0 Å². The lowest BCUT2D eigenvalue weighted by atomic mass is 10.1. The van der Waals surface area contributed by atoms with E-state index in [2.05, 4.69) is 5.32 Å². The molecular formula is C18H18N2O3. The van der Waals surface area contributed by atoms with Gasteiger partial charge < -0.3 is 15.8 Å². The molecule has 2 rings (SSSR count). The molecule has 0 saturated carbocycles. The number of ether oxygens (including phenoxy) is 1. The van der Waals surface area contributed by atoms with E-state index in [9.17, 15) is 9.59 Å². The summed E-state index contributed by atoms with van der Waals surface area (Å²) in [7, 11) is 1.59. The number of methoxy groups -OCH3 is 1. The quantitative estimate of drug-likeness (QED) is 0.804. The van der Waals surface area contributed by atoms with Crippen LogP contribution in [-0.4, -0.2) is 18.9 Å². The maximum absolute atomic E-state index is 11.9. The molecule has 5 heteroatoms. The van der Waals surface area contributed by atoms with E-state index in [4.69, 9.17) is 10.5 Å². The summed E-state index contributed by atoms with van der Waals surface area (Å²) in [6.07, 6.45) is 3.34. The fourth-order valence-electron chi connectivity index (χ4n) is 2.01. The minimum absolute atomic E-state index is 0.184. The summed E-state index contributed by atoms with van der Waals surface area (Å²) in [5.74, 6) is 0.107. The number of carbonyl (C=O) groups is 2. The van der Waals surface area contributed by atoms with Crippen LogP contribution in [0, 0.1) is 0 Å². The number of nitrogens with one attached hydrogen (secondary N) is 1. The summed E-state index contributed by atoms with van der Waals surface area (Å²) < 4.78 is 5.13. The molecule has 2 amide bonds. The number of hydrogen-bond acceptors (Lipinski definition) is 3. The highest BCUT2D eigenvalue weighted by molar-refractivity contribution is 6.01. The van der Waals surface area contributed by atoms with Gasteiger partial charge in [-0.2, -0.15) is 0 Å². The van der Waals surface area contributed by atoms with E-state index in [1.165, 1.54) is 6.08 Å². The van der Waals surface area contributed by atoms with Crippen molar-refractivity contribution in [3.63, 3.8) is 0 Å². The molecule has 0 heterocycles. The minimum Gasteiger partial charge on any atom is -0.497 e. The smallest absolute Gasteiger partial charge is 0.248 e. The predicted octanol–water partition coefficient (Wildman–Crippen LogP) is 2.37. The lowest BCUT2D eigenvalue weighted by Gasteiger charge is -2.04. The van der Waals surface area contributed by atoms with Gasteiger partial charge in [-0.3, -0.25) is 9.59 Å². The van der Waals surface area contributed by atoms with Gasteiger partial charge in [-0.25, -0.2) is 0 Å². The molecule has 0 aliphatic heterocycles. The Bertz CT molecular complexity index is 721. The van der Waals surface area contributed by atoms with Gasteiger partial charge in [0.25, 0.3) is 0 Å². The minimum atomic E-state index is -0.386. The second-order valence-corrected chi connectivity index (χ2v) is 4.94. The molecule has 0 radical (unpaired) electrons. The van der Waals surface area contributed by atoms with E-state index < -0.39 is 0 Å². The van der Waals surface area contributed by atoms with Crippen molar-refractivity contribution in [2.45, 2.75) is 6.42 Å². The second-order valence-electron chi connectivity index (χ2n) is 4.94. The summed E-state index contributed by atoms with van der Waals surface area (Å²) in [6.45, 7) is 0. The van der Waals surface area contributed by atoms with Gasteiger partial charge in [-0.15, -0.1) is 0 Å². The maximum atomic E-state index is 11.9. The Hall–Kier alpha value is -3.08. The van der Waals surface area contributed by atoms with Crippen LogP contribution in [0.3, 0.4) is 0 Å². The topological polar surface area (TPSA) is 81.4 Å². The molecule has 0 bridgehead atoms. The van der Waals surface area contributed by atoms with Crippen LogP contribution in [0.4, 0.5) is 5.69 Å². The zero-order valence-corrected chi connectivity index (χ0v) is 12.8. The Morgan fingerprint density at radius 3 is 2.57 bits per heavy atom. The number of amides is 2. The fourth-order valence-corrected chi connectivity index (χ4v) is 2.01. The predicted molar refractivity (Wildman–Crippen MR) is 90.0 cm³/mol. The fraction of sp³-hybridized carbons (Fsp3) is 0.111. The van der Waals surface area contributed by atoms with Gasteiger partial charge in [0.1, 0.15) is 5.75 Å². The standard InChI is InChI=1S/C18H18N2O3/c1-23-16-4-2-3-13(11-16)7-10-18(22)20-15-8-5-14(6-9-15)12-17(19)21/h2-11H,12H2,1H3,(H2,19,21)(H,20,22)/b10-7+. The third kappa shape index (κ3) is 5.32. The highest BCUT2D eigenvalue weighted by Gasteiger charge is 2.01. The molecule has 2 aromatic carbocycles. The van der Waals surface area contributed by atoms with E-state index in [1.54, 1.807) is 37.5 Å². The first-order valence-corrected chi connectivity index (χ1v) is 7.07. The first kappa shape index (κ1) is 16.3. The van der Waals surface area contributed by atoms with Crippen LogP contribution in [0.5, 0.6) is 5.75 Å². The summed E-state index contributed by atoms with van der Waals surface area (Å²) in [5.41, 5.74) is 7.46. The number of benzene rings is 2. The molecule has 23 heavy (non-hydrogen) atoms. The Morgan fingerprint density at radius 1 is 1.17 bits per heavy atom. The van der Waals surface area contributed by atoms with Gasteiger partial charge in [0.15, 0.2) is 0 Å². The van der Waals surface area contributed by atoms with Crippen LogP contribution < -0.4 is 15.8 Å². The maximum Gasteiger partial charge on any atom is 0.248 e. The second kappa shape index (κ2) is 7.79. The van der Waals surface area contributed by atoms with Crippen LogP contribution in [0.25, 0.3) is 6.08 Å². The molecule has 0 aliphatic carbocycles. The summed E-state index contributed by atoms with van der Waals surface area (Å²) in [4.78, 5) is 22.7. The van der Waals surface area contributed by atoms with E-state index in [0.29, 0.717) is 5.69 Å². The number of hydrogen-bond donors (Lipinski definition) is 2. The van der Waals surface area contributed by atoms with Gasteiger partial charge in [-0.1, -0.05) is 24.3 Å². The summed E-state index contributed by atoms with van der Waals surface area (Å²) >= 11 is 0. The molecule has 5 nitrogen and oxygen atoms in total. The van der Waals surface area contributed by atoms with Gasteiger partial charge in [0.05, 0.1) is 13.5 Å². The third-order valence-electron chi connectivity index (χ3n) is 3.12. The summed E-state index contributed by atoms with van der Waals surface area (Å²) in [6, 6.07) is 14.4. The number of anilines is 1. The zero-order valence-electron chi connectivity index (χ0n) is 12.8. The number of primary amides is 1. The Balaban J connectivity index is 1.96. The highest BCUT2D eigenvalue weighted by atomic mass is 16.5. The van der Waals surface area contributed by atoms with Crippen LogP contribution in [0.1, 0.15) is 11.1 Å². The molecule has 3 N–H and O–H groups in total. The van der Waals surface area contributed by atoms with E-state index in [0.717, 1.165) is 16.9 Å². The summed E-state index contributed by atoms with van der Waals surface area (Å²) in [5, 5.41) is 2.75. The Labute approximate surface area is 134 Å². The molecule has 0 spiro atoms. The van der Waals surface area contributed by atoms with Gasteiger partial charge in [0.2, 0.25) is 11.8 Å². The highest BCUT2D eigenvalue weighted by Crippen LogP contribution is 2.14. The normalized spacial score (nSPS) is 10.5. The monoisotopic (exact) mass is 310 g/mol. The molecule has 0 fully saturated rings. The van der Waals surface area contributed by atoms with Crippen molar-refractivity contribution < 1.29 is 14.3 Å².